The van der Waals surface area contributed by atoms with E-state index in [-0.39, 0.29) is 29.7 Å². The molecule has 5 N–H and O–H groups in total. The number of aliphatic hydroxyl groups is 2. The van der Waals surface area contributed by atoms with Gasteiger partial charge in [-0.1, -0.05) is 84.9 Å². The summed E-state index contributed by atoms with van der Waals surface area (Å²) < 4.78 is 28.4. The number of aliphatic hydroxyl groups excluding tert-OH is 2. The lowest BCUT2D eigenvalue weighted by molar-refractivity contribution is -0.127. The number of hydrogen-bond acceptors (Lipinski definition) is 6. The molecule has 0 unspecified atom stereocenters. The van der Waals surface area contributed by atoms with E-state index in [4.69, 9.17) is 0 Å². The summed E-state index contributed by atoms with van der Waals surface area (Å²) in [5.41, 5.74) is 3.99. The van der Waals surface area contributed by atoms with E-state index in [1.807, 2.05) is 84.9 Å². The highest BCUT2D eigenvalue weighted by Gasteiger charge is 2.34. The van der Waals surface area contributed by atoms with Crippen molar-refractivity contribution in [2.45, 2.75) is 49.0 Å². The zero-order chi connectivity index (χ0) is 31.8. The van der Waals surface area contributed by atoms with Crippen LogP contribution in [0.4, 0.5) is 0 Å². The minimum atomic E-state index is -4.00. The third-order valence-electron chi connectivity index (χ3n) is 7.99. The third-order valence-corrected chi connectivity index (χ3v) is 9.43. The van der Waals surface area contributed by atoms with Crippen molar-refractivity contribution in [3.63, 3.8) is 0 Å². The molecule has 0 aromatic heterocycles. The molecule has 0 aliphatic heterocycles. The molecule has 5 rings (SSSR count). The molecule has 1 aliphatic carbocycles. The molecule has 4 aromatic rings. The van der Waals surface area contributed by atoms with Crippen LogP contribution in [0.3, 0.4) is 0 Å². The normalized spacial score (nSPS) is 17.2. The van der Waals surface area contributed by atoms with Crippen molar-refractivity contribution in [3.05, 3.63) is 137 Å². The number of carbonyl (C=O) groups excluding carboxylic acids is 2. The van der Waals surface area contributed by atoms with Gasteiger partial charge in [-0.05, 0) is 59.4 Å². The Bertz CT molecular complexity index is 1700. The summed E-state index contributed by atoms with van der Waals surface area (Å²) in [6.45, 7) is 0.0338. The van der Waals surface area contributed by atoms with E-state index in [0.717, 1.165) is 22.3 Å². The smallest absolute Gasteiger partial charge is 0.251 e. The van der Waals surface area contributed by atoms with Gasteiger partial charge in [0, 0.05) is 31.0 Å². The molecule has 234 valence electrons. The molecule has 2 amide bonds. The molecule has 1 aliphatic rings. The van der Waals surface area contributed by atoms with Gasteiger partial charge in [-0.15, -0.1) is 0 Å². The van der Waals surface area contributed by atoms with Crippen LogP contribution >= 0.6 is 0 Å². The Kier molecular flexibility index (Phi) is 10.4. The highest BCUT2D eigenvalue weighted by molar-refractivity contribution is 7.89. The van der Waals surface area contributed by atoms with Crippen molar-refractivity contribution < 1.29 is 28.2 Å². The van der Waals surface area contributed by atoms with Crippen LogP contribution in [0.5, 0.6) is 0 Å². The molecule has 4 atom stereocenters. The van der Waals surface area contributed by atoms with E-state index in [1.165, 1.54) is 24.3 Å². The Balaban J connectivity index is 1.19. The predicted molar refractivity (Wildman–Crippen MR) is 171 cm³/mol. The molecule has 0 saturated heterocycles. The molecule has 0 bridgehead atoms. The Labute approximate surface area is 263 Å². The van der Waals surface area contributed by atoms with Crippen molar-refractivity contribution in [2.75, 3.05) is 6.54 Å². The number of amides is 2. The average Bonchev–Trinajstić information content (AvgIpc) is 3.37. The number of carbonyl (C=O) groups is 2. The summed E-state index contributed by atoms with van der Waals surface area (Å²) in [4.78, 5) is 26.0. The van der Waals surface area contributed by atoms with Gasteiger partial charge in [0.25, 0.3) is 5.91 Å². The van der Waals surface area contributed by atoms with Gasteiger partial charge in [-0.2, -0.15) is 0 Å². The van der Waals surface area contributed by atoms with Gasteiger partial charge < -0.3 is 20.8 Å². The molecule has 0 saturated carbocycles. The van der Waals surface area contributed by atoms with Crippen LogP contribution in [0.1, 0.15) is 45.1 Å². The number of nitrogens with one attached hydrogen (secondary N) is 3. The molecule has 9 nitrogen and oxygen atoms in total. The summed E-state index contributed by atoms with van der Waals surface area (Å²) in [5.74, 6) is -1.34. The van der Waals surface area contributed by atoms with Crippen LogP contribution in [0.15, 0.2) is 114 Å². The summed E-state index contributed by atoms with van der Waals surface area (Å²) in [5, 5.41) is 27.3. The quantitative estimate of drug-likeness (QED) is 0.154. The molecule has 0 spiro atoms. The van der Waals surface area contributed by atoms with E-state index in [2.05, 4.69) is 15.4 Å². The monoisotopic (exact) mass is 627 g/mol. The molecular weight excluding hydrogens is 590 g/mol. The second-order valence-corrected chi connectivity index (χ2v) is 13.0. The standard InChI is InChI=1S/C35H37N3O6S/c39-29(23-37-45(43,44)30-17-15-26(16-18-30)34(41)36-22-25-11-5-2-6-12-25)20-28(19-24-9-3-1-4-10-24)35(42)38-33-31-14-8-7-13-27(31)21-32(33)40/h1-18,28-29,32-33,37,39-40H,19-23H2,(H,36,41)(H,38,42)/t28-,29+,32-,33+/m1/s1. The highest BCUT2D eigenvalue weighted by Crippen LogP contribution is 2.32. The molecule has 0 heterocycles. The Hall–Kier alpha value is -4.35. The van der Waals surface area contributed by atoms with Gasteiger partial charge in [0.2, 0.25) is 15.9 Å². The van der Waals surface area contributed by atoms with Crippen molar-refractivity contribution in [1.82, 2.24) is 15.4 Å². The second-order valence-electron chi connectivity index (χ2n) is 11.3. The number of rotatable bonds is 13. The lowest BCUT2D eigenvalue weighted by Gasteiger charge is -2.24. The average molecular weight is 628 g/mol. The Morgan fingerprint density at radius 2 is 1.44 bits per heavy atom. The lowest BCUT2D eigenvalue weighted by Crippen LogP contribution is -2.41. The Morgan fingerprint density at radius 1 is 0.822 bits per heavy atom. The first kappa shape index (κ1) is 32.1. The lowest BCUT2D eigenvalue weighted by atomic mass is 9.92. The van der Waals surface area contributed by atoms with Gasteiger partial charge in [-0.3, -0.25) is 9.59 Å². The molecule has 4 aromatic carbocycles. The van der Waals surface area contributed by atoms with Gasteiger partial charge in [-0.25, -0.2) is 13.1 Å². The van der Waals surface area contributed by atoms with Crippen LogP contribution in [0.2, 0.25) is 0 Å². The maximum Gasteiger partial charge on any atom is 0.251 e. The summed E-state index contributed by atoms with van der Waals surface area (Å²) in [6.07, 6.45) is -1.16. The number of fused-ring (bicyclic) bond motifs is 1. The van der Waals surface area contributed by atoms with Gasteiger partial charge >= 0.3 is 0 Å². The van der Waals surface area contributed by atoms with E-state index < -0.39 is 34.2 Å². The maximum absolute atomic E-state index is 13.5. The van der Waals surface area contributed by atoms with Crippen molar-refractivity contribution in [1.29, 1.82) is 0 Å². The zero-order valence-electron chi connectivity index (χ0n) is 24.7. The SMILES string of the molecule is O=C(NCc1ccccc1)c1ccc(S(=O)(=O)NC[C@@H](O)C[C@@H](Cc2ccccc2)C(=O)N[C@H]2c3ccccc3C[C@H]2O)cc1. The van der Waals surface area contributed by atoms with E-state index in [0.29, 0.717) is 24.9 Å². The summed E-state index contributed by atoms with van der Waals surface area (Å²) >= 11 is 0. The van der Waals surface area contributed by atoms with Crippen molar-refractivity contribution in [2.24, 2.45) is 5.92 Å². The molecule has 0 radical (unpaired) electrons. The minimum Gasteiger partial charge on any atom is -0.392 e. The number of hydrogen-bond donors (Lipinski definition) is 5. The number of benzene rings is 4. The van der Waals surface area contributed by atoms with Crippen molar-refractivity contribution in [3.8, 4) is 0 Å². The van der Waals surface area contributed by atoms with Crippen LogP contribution in [0, 0.1) is 5.92 Å². The topological polar surface area (TPSA) is 145 Å². The van der Waals surface area contributed by atoms with Gasteiger partial charge in [0.05, 0.1) is 23.1 Å². The van der Waals surface area contributed by atoms with Crippen LogP contribution < -0.4 is 15.4 Å². The zero-order valence-corrected chi connectivity index (χ0v) is 25.5. The van der Waals surface area contributed by atoms with E-state index >= 15 is 0 Å². The molecular formula is C35H37N3O6S. The third kappa shape index (κ3) is 8.43. The predicted octanol–water partition coefficient (Wildman–Crippen LogP) is 3.28. The first-order chi connectivity index (χ1) is 21.7. The fourth-order valence-corrected chi connectivity index (χ4v) is 6.64. The summed E-state index contributed by atoms with van der Waals surface area (Å²) in [6, 6.07) is 31.4. The van der Waals surface area contributed by atoms with Crippen molar-refractivity contribution >= 4 is 21.8 Å². The molecule has 10 heteroatoms. The van der Waals surface area contributed by atoms with Gasteiger partial charge in [0.1, 0.15) is 0 Å². The number of sulfonamides is 1. The highest BCUT2D eigenvalue weighted by atomic mass is 32.2. The maximum atomic E-state index is 13.5. The van der Waals surface area contributed by atoms with Gasteiger partial charge in [0.15, 0.2) is 0 Å². The largest absolute Gasteiger partial charge is 0.392 e. The summed E-state index contributed by atoms with van der Waals surface area (Å²) in [7, 11) is -4.00. The fourth-order valence-electron chi connectivity index (χ4n) is 5.57. The van der Waals surface area contributed by atoms with Crippen LogP contribution in [-0.4, -0.2) is 49.2 Å². The minimum absolute atomic E-state index is 0.00572. The van der Waals surface area contributed by atoms with E-state index in [9.17, 15) is 28.2 Å². The molecule has 0 fully saturated rings. The first-order valence-electron chi connectivity index (χ1n) is 14.9. The second kappa shape index (κ2) is 14.6. The van der Waals surface area contributed by atoms with Crippen LogP contribution in [-0.2, 0) is 34.2 Å². The molecule has 45 heavy (non-hydrogen) atoms. The first-order valence-corrected chi connectivity index (χ1v) is 16.4. The van der Waals surface area contributed by atoms with Crippen LogP contribution in [0.25, 0.3) is 0 Å². The fraction of sp³-hybridized carbons (Fsp3) is 0.257. The van der Waals surface area contributed by atoms with E-state index in [1.54, 1.807) is 0 Å². The Morgan fingerprint density at radius 3 is 2.13 bits per heavy atom.